The molecule has 0 aliphatic heterocycles. The zero-order valence-electron chi connectivity index (χ0n) is 17.4. The van der Waals surface area contributed by atoms with Crippen LogP contribution in [0.2, 0.25) is 0 Å². The summed E-state index contributed by atoms with van der Waals surface area (Å²) in [4.78, 5) is 12.4. The third-order valence-electron chi connectivity index (χ3n) is 4.32. The molecule has 3 rings (SSSR count). The molecule has 2 aromatic carbocycles. The van der Waals surface area contributed by atoms with Crippen molar-refractivity contribution in [2.24, 2.45) is 0 Å². The second-order valence-electron chi connectivity index (χ2n) is 6.86. The number of aryl methyl sites for hydroxylation is 2. The molecule has 0 N–H and O–H groups in total. The van der Waals surface area contributed by atoms with Gasteiger partial charge in [0.2, 0.25) is 0 Å². The van der Waals surface area contributed by atoms with Crippen molar-refractivity contribution < 1.29 is 32.2 Å². The van der Waals surface area contributed by atoms with Gasteiger partial charge in [-0.05, 0) is 79.6 Å². The molecule has 0 unspecified atom stereocenters. The molecule has 0 radical (unpaired) electrons. The van der Waals surface area contributed by atoms with Gasteiger partial charge >= 0.3 is 6.61 Å². The van der Waals surface area contributed by atoms with Gasteiger partial charge in [-0.2, -0.15) is 8.78 Å². The van der Waals surface area contributed by atoms with Gasteiger partial charge in [-0.25, -0.2) is 0 Å². The van der Waals surface area contributed by atoms with Crippen LogP contribution in [-0.4, -0.2) is 19.5 Å². The molecule has 0 atom stereocenters. The number of alkyl halides is 2. The molecule has 7 heteroatoms. The molecule has 0 fully saturated rings. The van der Waals surface area contributed by atoms with E-state index in [1.807, 2.05) is 26.0 Å². The maximum atomic E-state index is 12.4. The molecule has 31 heavy (non-hydrogen) atoms. The van der Waals surface area contributed by atoms with Gasteiger partial charge in [-0.1, -0.05) is 6.07 Å². The van der Waals surface area contributed by atoms with E-state index in [9.17, 15) is 13.6 Å². The Bertz CT molecular complexity index is 1070. The van der Waals surface area contributed by atoms with Gasteiger partial charge in [0.1, 0.15) is 23.9 Å². The Morgan fingerprint density at radius 2 is 1.77 bits per heavy atom. The van der Waals surface area contributed by atoms with Crippen molar-refractivity contribution in [3.8, 4) is 17.2 Å². The fourth-order valence-electron chi connectivity index (χ4n) is 3.00. The fourth-order valence-corrected chi connectivity index (χ4v) is 3.00. The van der Waals surface area contributed by atoms with E-state index in [0.29, 0.717) is 11.5 Å². The average Bonchev–Trinajstić information content (AvgIpc) is 3.17. The number of hydrogen-bond donors (Lipinski definition) is 0. The third kappa shape index (κ3) is 6.18. The molecule has 0 saturated heterocycles. The van der Waals surface area contributed by atoms with Crippen molar-refractivity contribution in [2.45, 2.75) is 27.1 Å². The number of benzene rings is 2. The number of carbonyl (C=O) groups is 1. The Hall–Kier alpha value is -3.61. The van der Waals surface area contributed by atoms with Crippen molar-refractivity contribution in [1.82, 2.24) is 0 Å². The number of allylic oxidation sites excluding steroid dienone is 1. The van der Waals surface area contributed by atoms with Crippen LogP contribution >= 0.6 is 0 Å². The highest BCUT2D eigenvalue weighted by Gasteiger charge is 2.13. The summed E-state index contributed by atoms with van der Waals surface area (Å²) in [6.07, 6.45) is 2.86. The predicted octanol–water partition coefficient (Wildman–Crippen LogP) is 5.98. The van der Waals surface area contributed by atoms with Crippen molar-refractivity contribution in [3.05, 3.63) is 82.8 Å². The van der Waals surface area contributed by atoms with E-state index in [1.165, 1.54) is 37.5 Å². The predicted molar refractivity (Wildman–Crippen MR) is 112 cm³/mol. The number of ketones is 1. The smallest absolute Gasteiger partial charge is 0.387 e. The molecular formula is C24H22F2O5. The molecule has 1 aromatic heterocycles. The minimum Gasteiger partial charge on any atom is -0.493 e. The van der Waals surface area contributed by atoms with E-state index in [1.54, 1.807) is 12.1 Å². The van der Waals surface area contributed by atoms with Crippen molar-refractivity contribution in [1.29, 1.82) is 0 Å². The van der Waals surface area contributed by atoms with Gasteiger partial charge in [-0.3, -0.25) is 4.79 Å². The molecule has 0 saturated carbocycles. The van der Waals surface area contributed by atoms with Crippen LogP contribution in [0.1, 0.15) is 33.0 Å². The SMILES string of the molecule is COc1cc(C(=O)/C=C/c2ccc(COc3cc(C)cc(C)c3)o2)ccc1OC(F)F. The maximum absolute atomic E-state index is 12.4. The molecule has 0 aliphatic rings. The van der Waals surface area contributed by atoms with Crippen LogP contribution < -0.4 is 14.2 Å². The second kappa shape index (κ2) is 9.93. The number of furan rings is 1. The zero-order valence-corrected chi connectivity index (χ0v) is 17.4. The second-order valence-corrected chi connectivity index (χ2v) is 6.86. The Morgan fingerprint density at radius 1 is 1.03 bits per heavy atom. The lowest BCUT2D eigenvalue weighted by molar-refractivity contribution is -0.0512. The van der Waals surface area contributed by atoms with E-state index >= 15 is 0 Å². The van der Waals surface area contributed by atoms with Gasteiger partial charge < -0.3 is 18.6 Å². The lowest BCUT2D eigenvalue weighted by atomic mass is 10.1. The summed E-state index contributed by atoms with van der Waals surface area (Å²) in [6.45, 7) is 1.28. The molecule has 1 heterocycles. The van der Waals surface area contributed by atoms with E-state index in [-0.39, 0.29) is 29.5 Å². The average molecular weight is 428 g/mol. The molecule has 0 bridgehead atoms. The molecule has 0 spiro atoms. The Balaban J connectivity index is 1.63. The van der Waals surface area contributed by atoms with E-state index in [0.717, 1.165) is 16.9 Å². The minimum absolute atomic E-state index is 0.0448. The molecular weight excluding hydrogens is 406 g/mol. The number of hydrogen-bond acceptors (Lipinski definition) is 5. The quantitative estimate of drug-likeness (QED) is 0.310. The summed E-state index contributed by atoms with van der Waals surface area (Å²) in [5.74, 6) is 1.42. The van der Waals surface area contributed by atoms with Gasteiger partial charge in [0, 0.05) is 5.56 Å². The van der Waals surface area contributed by atoms with Crippen LogP contribution in [0, 0.1) is 13.8 Å². The molecule has 0 aliphatic carbocycles. The van der Waals surface area contributed by atoms with Crippen molar-refractivity contribution in [3.63, 3.8) is 0 Å². The molecule has 3 aromatic rings. The highest BCUT2D eigenvalue weighted by Crippen LogP contribution is 2.29. The standard InChI is InChI=1S/C24H22F2O5/c1-15-10-16(2)12-20(11-15)29-14-19-6-5-18(30-19)7-8-21(27)17-4-9-22(31-24(25)26)23(13-17)28-3/h4-13,24H,14H2,1-3H3/b8-7+. The number of halogens is 2. The zero-order chi connectivity index (χ0) is 22.4. The number of methoxy groups -OCH3 is 1. The summed E-state index contributed by atoms with van der Waals surface area (Å²) < 4.78 is 45.6. The first-order valence-corrected chi connectivity index (χ1v) is 9.49. The van der Waals surface area contributed by atoms with Crippen LogP contribution in [0.5, 0.6) is 17.2 Å². The third-order valence-corrected chi connectivity index (χ3v) is 4.32. The molecule has 0 amide bonds. The Labute approximate surface area is 178 Å². The van der Waals surface area contributed by atoms with E-state index in [2.05, 4.69) is 10.8 Å². The number of rotatable bonds is 9. The highest BCUT2D eigenvalue weighted by molar-refractivity contribution is 6.07. The van der Waals surface area contributed by atoms with Gasteiger partial charge in [0.25, 0.3) is 0 Å². The van der Waals surface area contributed by atoms with Gasteiger partial charge in [0.15, 0.2) is 17.3 Å². The topological polar surface area (TPSA) is 57.9 Å². The Morgan fingerprint density at radius 3 is 2.45 bits per heavy atom. The maximum Gasteiger partial charge on any atom is 0.387 e. The lowest BCUT2D eigenvalue weighted by Gasteiger charge is -2.10. The summed E-state index contributed by atoms with van der Waals surface area (Å²) in [5.41, 5.74) is 2.49. The number of carbonyl (C=O) groups excluding carboxylic acids is 1. The minimum atomic E-state index is -2.98. The van der Waals surface area contributed by atoms with Gasteiger partial charge in [0.05, 0.1) is 7.11 Å². The number of ether oxygens (including phenoxy) is 3. The molecule has 162 valence electrons. The highest BCUT2D eigenvalue weighted by atomic mass is 19.3. The van der Waals surface area contributed by atoms with Crippen LogP contribution in [-0.2, 0) is 6.61 Å². The monoisotopic (exact) mass is 428 g/mol. The fraction of sp³-hybridized carbons (Fsp3) is 0.208. The first kappa shape index (κ1) is 22.1. The van der Waals surface area contributed by atoms with Crippen LogP contribution in [0.15, 0.2) is 59.0 Å². The lowest BCUT2D eigenvalue weighted by Crippen LogP contribution is -2.04. The van der Waals surface area contributed by atoms with E-state index in [4.69, 9.17) is 13.9 Å². The van der Waals surface area contributed by atoms with Crippen LogP contribution in [0.4, 0.5) is 8.78 Å². The molecule has 5 nitrogen and oxygen atoms in total. The summed E-state index contributed by atoms with van der Waals surface area (Å²) >= 11 is 0. The first-order chi connectivity index (χ1) is 14.8. The van der Waals surface area contributed by atoms with E-state index < -0.39 is 6.61 Å². The summed E-state index contributed by atoms with van der Waals surface area (Å²) in [6, 6.07) is 13.4. The Kier molecular flexibility index (Phi) is 7.07. The van der Waals surface area contributed by atoms with Crippen LogP contribution in [0.25, 0.3) is 6.08 Å². The normalized spacial score (nSPS) is 11.2. The van der Waals surface area contributed by atoms with Crippen molar-refractivity contribution >= 4 is 11.9 Å². The van der Waals surface area contributed by atoms with Crippen LogP contribution in [0.3, 0.4) is 0 Å². The van der Waals surface area contributed by atoms with Gasteiger partial charge in [-0.15, -0.1) is 0 Å². The summed E-state index contributed by atoms with van der Waals surface area (Å²) in [7, 11) is 1.31. The summed E-state index contributed by atoms with van der Waals surface area (Å²) in [5, 5.41) is 0. The van der Waals surface area contributed by atoms with Crippen molar-refractivity contribution in [2.75, 3.05) is 7.11 Å². The largest absolute Gasteiger partial charge is 0.493 e. The first-order valence-electron chi connectivity index (χ1n) is 9.49.